The number of rotatable bonds is 6. The molecule has 0 aliphatic carbocycles. The van der Waals surface area contributed by atoms with E-state index in [0.29, 0.717) is 0 Å². The van der Waals surface area contributed by atoms with Crippen molar-refractivity contribution < 1.29 is 27.4 Å². The third-order valence-corrected chi connectivity index (χ3v) is 4.50. The highest BCUT2D eigenvalue weighted by atomic mass is 79.9. The topological polar surface area (TPSA) is 80.7 Å². The number of hydrogen-bond donors (Lipinski definition) is 1. The van der Waals surface area contributed by atoms with Crippen LogP contribution in [0.25, 0.3) is 0 Å². The van der Waals surface area contributed by atoms with Gasteiger partial charge in [0.25, 0.3) is 0 Å². The van der Waals surface area contributed by atoms with Crippen molar-refractivity contribution in [1.82, 2.24) is 0 Å². The van der Waals surface area contributed by atoms with Crippen molar-refractivity contribution in [3.8, 4) is 0 Å². The zero-order valence-electron chi connectivity index (χ0n) is 10.9. The maximum Gasteiger partial charge on any atom is 0.338 e. The third kappa shape index (κ3) is 4.26. The van der Waals surface area contributed by atoms with Gasteiger partial charge in [-0.05, 0) is 26.0 Å². The Morgan fingerprint density at radius 3 is 2.55 bits per heavy atom. The van der Waals surface area contributed by atoms with Crippen LogP contribution in [0, 0.1) is 5.82 Å². The minimum absolute atomic E-state index is 0.0889. The van der Waals surface area contributed by atoms with E-state index >= 15 is 0 Å². The normalized spacial score (nSPS) is 11.8. The summed E-state index contributed by atoms with van der Waals surface area (Å²) in [5, 5.41) is 8.85. The van der Waals surface area contributed by atoms with Crippen LogP contribution >= 0.6 is 15.9 Å². The molecule has 20 heavy (non-hydrogen) atoms. The molecule has 0 aliphatic heterocycles. The monoisotopic (exact) mass is 368 g/mol. The molecule has 5 nitrogen and oxygen atoms in total. The molecule has 0 heterocycles. The number of benzene rings is 1. The standard InChI is InChI=1S/C12H14BrFO5S/c1-7(2)19-3-4-20(17,18)10-6-8(13)5-9(11(10)14)12(15)16/h5-7H,3-4H2,1-2H3,(H,15,16). The Bertz CT molecular complexity index is 613. The van der Waals surface area contributed by atoms with Crippen LogP contribution in [-0.2, 0) is 14.6 Å². The lowest BCUT2D eigenvalue weighted by atomic mass is 10.2. The fourth-order valence-corrected chi connectivity index (χ4v) is 3.28. The number of carboxylic acid groups (broad SMARTS) is 1. The minimum Gasteiger partial charge on any atom is -0.478 e. The molecule has 0 unspecified atom stereocenters. The maximum atomic E-state index is 14.0. The van der Waals surface area contributed by atoms with E-state index in [1.165, 1.54) is 0 Å². The van der Waals surface area contributed by atoms with Gasteiger partial charge in [0.05, 0.1) is 24.0 Å². The molecule has 1 aromatic rings. The molecule has 0 aromatic heterocycles. The van der Waals surface area contributed by atoms with Crippen LogP contribution < -0.4 is 0 Å². The van der Waals surface area contributed by atoms with Gasteiger partial charge in [-0.2, -0.15) is 0 Å². The van der Waals surface area contributed by atoms with E-state index in [1.54, 1.807) is 13.8 Å². The lowest BCUT2D eigenvalue weighted by Crippen LogP contribution is -2.17. The van der Waals surface area contributed by atoms with Gasteiger partial charge >= 0.3 is 5.97 Å². The Labute approximate surface area is 124 Å². The molecule has 1 aromatic carbocycles. The third-order valence-electron chi connectivity index (χ3n) is 2.37. The Hall–Kier alpha value is -0.990. The minimum atomic E-state index is -3.96. The van der Waals surface area contributed by atoms with E-state index in [1.807, 2.05) is 0 Å². The number of hydrogen-bond acceptors (Lipinski definition) is 4. The highest BCUT2D eigenvalue weighted by Gasteiger charge is 2.25. The summed E-state index contributed by atoms with van der Waals surface area (Å²) in [6, 6.07) is 2.06. The molecule has 0 atom stereocenters. The van der Waals surface area contributed by atoms with E-state index in [9.17, 15) is 17.6 Å². The van der Waals surface area contributed by atoms with Gasteiger partial charge in [0, 0.05) is 4.47 Å². The smallest absolute Gasteiger partial charge is 0.338 e. The molecule has 112 valence electrons. The Kier molecular flexibility index (Phi) is 5.67. The van der Waals surface area contributed by atoms with Crippen LogP contribution in [0.2, 0.25) is 0 Å². The maximum absolute atomic E-state index is 14.0. The summed E-state index contributed by atoms with van der Waals surface area (Å²) in [7, 11) is -3.96. The molecule has 1 N–H and O–H groups in total. The Balaban J connectivity index is 3.15. The van der Waals surface area contributed by atoms with Crippen molar-refractivity contribution >= 4 is 31.7 Å². The molecule has 0 bridgehead atoms. The molecule has 0 saturated carbocycles. The van der Waals surface area contributed by atoms with Gasteiger partial charge in [0.1, 0.15) is 4.90 Å². The number of aromatic carboxylic acids is 1. The number of carboxylic acids is 1. The molecule has 0 radical (unpaired) electrons. The Morgan fingerprint density at radius 2 is 2.05 bits per heavy atom. The van der Waals surface area contributed by atoms with Crippen molar-refractivity contribution in [1.29, 1.82) is 0 Å². The second-order valence-electron chi connectivity index (χ2n) is 4.31. The number of halogens is 2. The van der Waals surface area contributed by atoms with Crippen LogP contribution in [0.1, 0.15) is 24.2 Å². The summed E-state index contributed by atoms with van der Waals surface area (Å²) in [6.45, 7) is 3.40. The SMILES string of the molecule is CC(C)OCCS(=O)(=O)c1cc(Br)cc(C(=O)O)c1F. The molecule has 0 amide bonds. The van der Waals surface area contributed by atoms with Gasteiger partial charge in [-0.3, -0.25) is 0 Å². The van der Waals surface area contributed by atoms with Gasteiger partial charge in [-0.1, -0.05) is 15.9 Å². The fraction of sp³-hybridized carbons (Fsp3) is 0.417. The van der Waals surface area contributed by atoms with E-state index in [0.717, 1.165) is 12.1 Å². The molecule has 1 rings (SSSR count). The second-order valence-corrected chi connectivity index (χ2v) is 7.30. The van der Waals surface area contributed by atoms with Gasteiger partial charge in [-0.15, -0.1) is 0 Å². The highest BCUT2D eigenvalue weighted by Crippen LogP contribution is 2.25. The van der Waals surface area contributed by atoms with Crippen LogP contribution in [0.5, 0.6) is 0 Å². The fourth-order valence-electron chi connectivity index (χ4n) is 1.45. The van der Waals surface area contributed by atoms with Crippen LogP contribution in [0.4, 0.5) is 4.39 Å². The van der Waals surface area contributed by atoms with Gasteiger partial charge < -0.3 is 9.84 Å². The number of carbonyl (C=O) groups is 1. The van der Waals surface area contributed by atoms with Gasteiger partial charge in [0.15, 0.2) is 15.7 Å². The van der Waals surface area contributed by atoms with Crippen molar-refractivity contribution in [2.24, 2.45) is 0 Å². The average molecular weight is 369 g/mol. The summed E-state index contributed by atoms with van der Waals surface area (Å²) >= 11 is 2.97. The van der Waals surface area contributed by atoms with Crippen LogP contribution in [-0.4, -0.2) is 38.0 Å². The first-order chi connectivity index (χ1) is 9.15. The van der Waals surface area contributed by atoms with Crippen molar-refractivity contribution in [2.75, 3.05) is 12.4 Å². The lowest BCUT2D eigenvalue weighted by Gasteiger charge is -2.10. The largest absolute Gasteiger partial charge is 0.478 e. The highest BCUT2D eigenvalue weighted by molar-refractivity contribution is 9.10. The first kappa shape index (κ1) is 17.1. The van der Waals surface area contributed by atoms with Crippen LogP contribution in [0.15, 0.2) is 21.5 Å². The Morgan fingerprint density at radius 1 is 1.45 bits per heavy atom. The zero-order valence-corrected chi connectivity index (χ0v) is 13.3. The van der Waals surface area contributed by atoms with E-state index in [2.05, 4.69) is 15.9 Å². The summed E-state index contributed by atoms with van der Waals surface area (Å²) in [5.74, 6) is -3.21. The molecule has 8 heteroatoms. The van der Waals surface area contributed by atoms with E-state index in [-0.39, 0.29) is 17.2 Å². The molecular formula is C12H14BrFO5S. The summed E-state index contributed by atoms with van der Waals surface area (Å²) in [5.41, 5.74) is -0.692. The summed E-state index contributed by atoms with van der Waals surface area (Å²) in [4.78, 5) is 10.2. The van der Waals surface area contributed by atoms with Crippen LogP contribution in [0.3, 0.4) is 0 Å². The van der Waals surface area contributed by atoms with Gasteiger partial charge in [-0.25, -0.2) is 17.6 Å². The predicted octanol–water partition coefficient (Wildman–Crippen LogP) is 2.49. The molecule has 0 spiro atoms. The lowest BCUT2D eigenvalue weighted by molar-refractivity contribution is 0.0691. The molecular weight excluding hydrogens is 355 g/mol. The zero-order chi connectivity index (χ0) is 15.5. The van der Waals surface area contributed by atoms with Crippen molar-refractivity contribution in [3.05, 3.63) is 28.0 Å². The first-order valence-corrected chi connectivity index (χ1v) is 8.16. The van der Waals surface area contributed by atoms with Crippen molar-refractivity contribution in [3.63, 3.8) is 0 Å². The number of sulfone groups is 1. The quantitative estimate of drug-likeness (QED) is 0.833. The first-order valence-electron chi connectivity index (χ1n) is 5.72. The number of ether oxygens (including phenoxy) is 1. The van der Waals surface area contributed by atoms with E-state index < -0.39 is 37.8 Å². The summed E-state index contributed by atoms with van der Waals surface area (Å²) in [6.07, 6.45) is -0.146. The summed E-state index contributed by atoms with van der Waals surface area (Å²) < 4.78 is 43.3. The van der Waals surface area contributed by atoms with Gasteiger partial charge in [0.2, 0.25) is 0 Å². The molecule has 0 fully saturated rings. The predicted molar refractivity (Wildman–Crippen MR) is 74.2 cm³/mol. The second kappa shape index (κ2) is 6.64. The molecule has 0 saturated heterocycles. The van der Waals surface area contributed by atoms with E-state index in [4.69, 9.17) is 9.84 Å². The van der Waals surface area contributed by atoms with Crippen molar-refractivity contribution in [2.45, 2.75) is 24.8 Å². The average Bonchev–Trinajstić information content (AvgIpc) is 2.30. The molecule has 0 aliphatic rings.